The topological polar surface area (TPSA) is 86.2 Å². The molecule has 0 aliphatic heterocycles. The number of rotatable bonds is 4. The summed E-state index contributed by atoms with van der Waals surface area (Å²) in [6, 6.07) is 3.44. The minimum Gasteiger partial charge on any atom is -0.481 e. The van der Waals surface area contributed by atoms with E-state index in [4.69, 9.17) is 9.47 Å². The van der Waals surface area contributed by atoms with Crippen molar-refractivity contribution in [3.63, 3.8) is 0 Å². The second-order valence-electron chi connectivity index (χ2n) is 4.30. The maximum atomic E-state index is 12.3. The van der Waals surface area contributed by atoms with Crippen LogP contribution in [0, 0.1) is 13.8 Å². The third kappa shape index (κ3) is 3.25. The number of methoxy groups -OCH3 is 2. The molecule has 7 nitrogen and oxygen atoms in total. The molecule has 0 bridgehead atoms. The van der Waals surface area contributed by atoms with Crippen LogP contribution < -0.4 is 14.8 Å². The number of anilines is 1. The van der Waals surface area contributed by atoms with E-state index in [0.717, 1.165) is 0 Å². The van der Waals surface area contributed by atoms with Gasteiger partial charge in [-0.05, 0) is 19.9 Å². The lowest BCUT2D eigenvalue weighted by atomic mass is 10.2. The summed E-state index contributed by atoms with van der Waals surface area (Å²) in [7, 11) is 2.99. The lowest BCUT2D eigenvalue weighted by molar-refractivity contribution is 0.102. The normalized spacial score (nSPS) is 10.1. The molecule has 0 saturated carbocycles. The molecule has 0 unspecified atom stereocenters. The van der Waals surface area contributed by atoms with Crippen LogP contribution in [-0.4, -0.2) is 35.1 Å². The van der Waals surface area contributed by atoms with Gasteiger partial charge in [0.25, 0.3) is 5.91 Å². The first-order valence-electron chi connectivity index (χ1n) is 6.25. The molecule has 1 N–H and O–H groups in total. The highest BCUT2D eigenvalue weighted by Gasteiger charge is 2.14. The Morgan fingerprint density at radius 1 is 1.14 bits per heavy atom. The summed E-state index contributed by atoms with van der Waals surface area (Å²) < 4.78 is 9.99. The van der Waals surface area contributed by atoms with Crippen molar-refractivity contribution in [2.24, 2.45) is 0 Å². The standard InChI is InChI=1S/C14H16N4O3/c1-8-12(9(2)17-14(16-8)21-4)18-13(19)10-5-6-15-11(7-10)20-3/h5-7H,1-4H3,(H,18,19). The molecule has 0 saturated heterocycles. The summed E-state index contributed by atoms with van der Waals surface area (Å²) in [5, 5.41) is 2.79. The number of ether oxygens (including phenoxy) is 2. The monoisotopic (exact) mass is 288 g/mol. The summed E-state index contributed by atoms with van der Waals surface area (Å²) >= 11 is 0. The first kappa shape index (κ1) is 14.7. The van der Waals surface area contributed by atoms with E-state index in [9.17, 15) is 4.79 Å². The fourth-order valence-corrected chi connectivity index (χ4v) is 1.81. The van der Waals surface area contributed by atoms with Crippen LogP contribution in [0.15, 0.2) is 18.3 Å². The third-order valence-corrected chi connectivity index (χ3v) is 2.88. The number of carbonyl (C=O) groups excluding carboxylic acids is 1. The van der Waals surface area contributed by atoms with Crippen LogP contribution in [0.25, 0.3) is 0 Å². The van der Waals surface area contributed by atoms with Gasteiger partial charge in [-0.2, -0.15) is 9.97 Å². The summed E-state index contributed by atoms with van der Waals surface area (Å²) in [4.78, 5) is 24.5. The SMILES string of the molecule is COc1cc(C(=O)Nc2c(C)nc(OC)nc2C)ccn1. The van der Waals surface area contributed by atoms with Gasteiger partial charge in [0.05, 0.1) is 31.3 Å². The zero-order valence-corrected chi connectivity index (χ0v) is 12.3. The second-order valence-corrected chi connectivity index (χ2v) is 4.30. The lowest BCUT2D eigenvalue weighted by Crippen LogP contribution is -2.15. The van der Waals surface area contributed by atoms with Gasteiger partial charge in [-0.3, -0.25) is 4.79 Å². The molecule has 0 radical (unpaired) electrons. The van der Waals surface area contributed by atoms with Crippen molar-refractivity contribution in [3.05, 3.63) is 35.3 Å². The van der Waals surface area contributed by atoms with Gasteiger partial charge in [-0.1, -0.05) is 0 Å². The van der Waals surface area contributed by atoms with Crippen molar-refractivity contribution >= 4 is 11.6 Å². The number of carbonyl (C=O) groups is 1. The van der Waals surface area contributed by atoms with E-state index in [-0.39, 0.29) is 11.9 Å². The highest BCUT2D eigenvalue weighted by molar-refractivity contribution is 6.04. The van der Waals surface area contributed by atoms with Crippen LogP contribution in [0.4, 0.5) is 5.69 Å². The highest BCUT2D eigenvalue weighted by atomic mass is 16.5. The number of amides is 1. The molecule has 1 amide bonds. The van der Waals surface area contributed by atoms with Gasteiger partial charge in [0.2, 0.25) is 5.88 Å². The van der Waals surface area contributed by atoms with Crippen LogP contribution >= 0.6 is 0 Å². The Kier molecular flexibility index (Phi) is 4.32. The van der Waals surface area contributed by atoms with E-state index < -0.39 is 0 Å². The molecule has 2 rings (SSSR count). The van der Waals surface area contributed by atoms with Gasteiger partial charge in [-0.25, -0.2) is 4.98 Å². The van der Waals surface area contributed by atoms with Crippen molar-refractivity contribution in [2.75, 3.05) is 19.5 Å². The Balaban J connectivity index is 2.27. The Hall–Kier alpha value is -2.70. The molecular weight excluding hydrogens is 272 g/mol. The molecule has 110 valence electrons. The van der Waals surface area contributed by atoms with Gasteiger partial charge in [0.15, 0.2) is 0 Å². The lowest BCUT2D eigenvalue weighted by Gasteiger charge is -2.11. The molecule has 2 aromatic heterocycles. The van der Waals surface area contributed by atoms with Crippen LogP contribution in [-0.2, 0) is 0 Å². The summed E-state index contributed by atoms with van der Waals surface area (Å²) in [5.74, 6) is 0.0951. The predicted octanol–water partition coefficient (Wildman–Crippen LogP) is 1.76. The molecule has 0 aliphatic carbocycles. The van der Waals surface area contributed by atoms with Crippen LogP contribution in [0.3, 0.4) is 0 Å². The number of nitrogens with zero attached hydrogens (tertiary/aromatic N) is 3. The summed E-state index contributed by atoms with van der Waals surface area (Å²) in [5.41, 5.74) is 2.27. The molecule has 7 heteroatoms. The molecule has 0 spiro atoms. The molecule has 21 heavy (non-hydrogen) atoms. The van der Waals surface area contributed by atoms with E-state index in [0.29, 0.717) is 28.5 Å². The van der Waals surface area contributed by atoms with E-state index in [1.54, 1.807) is 26.0 Å². The molecule has 0 fully saturated rings. The minimum atomic E-state index is -0.282. The maximum Gasteiger partial charge on any atom is 0.316 e. The largest absolute Gasteiger partial charge is 0.481 e. The second kappa shape index (κ2) is 6.17. The Labute approximate surface area is 122 Å². The van der Waals surface area contributed by atoms with Crippen molar-refractivity contribution in [3.8, 4) is 11.9 Å². The van der Waals surface area contributed by atoms with E-state index in [1.807, 2.05) is 0 Å². The Morgan fingerprint density at radius 2 is 1.81 bits per heavy atom. The van der Waals surface area contributed by atoms with Crippen LogP contribution in [0.1, 0.15) is 21.7 Å². The Bertz CT molecular complexity index is 650. The van der Waals surface area contributed by atoms with Gasteiger partial charge in [0.1, 0.15) is 0 Å². The molecular formula is C14H16N4O3. The summed E-state index contributed by atoms with van der Waals surface area (Å²) in [6.07, 6.45) is 1.51. The van der Waals surface area contributed by atoms with E-state index in [2.05, 4.69) is 20.3 Å². The number of aryl methyl sites for hydroxylation is 2. The molecule has 0 aliphatic rings. The summed E-state index contributed by atoms with van der Waals surface area (Å²) in [6.45, 7) is 3.56. The molecule has 0 atom stereocenters. The molecule has 2 heterocycles. The van der Waals surface area contributed by atoms with E-state index in [1.165, 1.54) is 20.4 Å². The predicted molar refractivity (Wildman–Crippen MR) is 76.8 cm³/mol. The van der Waals surface area contributed by atoms with Crippen LogP contribution in [0.2, 0.25) is 0 Å². The van der Waals surface area contributed by atoms with Gasteiger partial charge >= 0.3 is 6.01 Å². The first-order chi connectivity index (χ1) is 10.0. The van der Waals surface area contributed by atoms with Crippen molar-refractivity contribution in [1.29, 1.82) is 0 Å². The number of pyridine rings is 1. The fourth-order valence-electron chi connectivity index (χ4n) is 1.81. The number of nitrogens with one attached hydrogen (secondary N) is 1. The van der Waals surface area contributed by atoms with Crippen molar-refractivity contribution < 1.29 is 14.3 Å². The number of hydrogen-bond acceptors (Lipinski definition) is 6. The highest BCUT2D eigenvalue weighted by Crippen LogP contribution is 2.20. The quantitative estimate of drug-likeness (QED) is 0.922. The number of aromatic nitrogens is 3. The molecule has 2 aromatic rings. The number of hydrogen-bond donors (Lipinski definition) is 1. The molecule has 0 aromatic carbocycles. The van der Waals surface area contributed by atoms with Crippen LogP contribution in [0.5, 0.6) is 11.9 Å². The van der Waals surface area contributed by atoms with Gasteiger partial charge in [0, 0.05) is 17.8 Å². The van der Waals surface area contributed by atoms with Crippen molar-refractivity contribution in [2.45, 2.75) is 13.8 Å². The maximum absolute atomic E-state index is 12.3. The van der Waals surface area contributed by atoms with Gasteiger partial charge < -0.3 is 14.8 Å². The van der Waals surface area contributed by atoms with Gasteiger partial charge in [-0.15, -0.1) is 0 Å². The fraction of sp³-hybridized carbons (Fsp3) is 0.286. The smallest absolute Gasteiger partial charge is 0.316 e. The zero-order chi connectivity index (χ0) is 15.4. The average Bonchev–Trinajstić information content (AvgIpc) is 2.50. The Morgan fingerprint density at radius 3 is 2.38 bits per heavy atom. The zero-order valence-electron chi connectivity index (χ0n) is 12.3. The average molecular weight is 288 g/mol. The van der Waals surface area contributed by atoms with Crippen molar-refractivity contribution in [1.82, 2.24) is 15.0 Å². The first-order valence-corrected chi connectivity index (χ1v) is 6.25. The van der Waals surface area contributed by atoms with E-state index >= 15 is 0 Å². The minimum absolute atomic E-state index is 0.272. The third-order valence-electron chi connectivity index (χ3n) is 2.88.